The number of nitrogens with zero attached hydrogens (tertiary/aromatic N) is 2. The predicted octanol–water partition coefficient (Wildman–Crippen LogP) is 2.01. The molecule has 2 aliphatic heterocycles. The summed E-state index contributed by atoms with van der Waals surface area (Å²) in [6.07, 6.45) is 4.51. The molecule has 1 aromatic heterocycles. The molecule has 0 aliphatic carbocycles. The van der Waals surface area contributed by atoms with Crippen LogP contribution in [-0.2, 0) is 0 Å². The lowest BCUT2D eigenvalue weighted by Gasteiger charge is -2.23. The summed E-state index contributed by atoms with van der Waals surface area (Å²) in [5.74, 6) is 1.16. The van der Waals surface area contributed by atoms with Crippen molar-refractivity contribution in [1.29, 1.82) is 0 Å². The summed E-state index contributed by atoms with van der Waals surface area (Å²) < 4.78 is 5.55. The van der Waals surface area contributed by atoms with Crippen molar-refractivity contribution in [3.63, 3.8) is 0 Å². The summed E-state index contributed by atoms with van der Waals surface area (Å²) in [5, 5.41) is 3.33. The molecule has 1 amide bonds. The van der Waals surface area contributed by atoms with Crippen LogP contribution in [0.3, 0.4) is 0 Å². The number of likely N-dealkylation sites (tertiary alicyclic amines) is 1. The average molecular weight is 277 g/mol. The first-order valence-electron chi connectivity index (χ1n) is 7.50. The molecule has 0 unspecified atom stereocenters. The van der Waals surface area contributed by atoms with Crippen molar-refractivity contribution in [2.75, 3.05) is 26.2 Å². The van der Waals surface area contributed by atoms with Crippen LogP contribution in [0, 0.1) is 5.41 Å². The highest BCUT2D eigenvalue weighted by Crippen LogP contribution is 2.32. The summed E-state index contributed by atoms with van der Waals surface area (Å²) in [7, 11) is 0. The van der Waals surface area contributed by atoms with E-state index < -0.39 is 0 Å². The molecule has 0 radical (unpaired) electrons. The Morgan fingerprint density at radius 2 is 2.20 bits per heavy atom. The van der Waals surface area contributed by atoms with Gasteiger partial charge in [-0.25, -0.2) is 4.98 Å². The number of hydrogen-bond acceptors (Lipinski definition) is 4. The SMILES string of the molecule is CC1(C)CCN(C(=O)c2ncoc2C2CCNCC2)C1. The van der Waals surface area contributed by atoms with Crippen molar-refractivity contribution in [1.82, 2.24) is 15.2 Å². The fourth-order valence-electron chi connectivity index (χ4n) is 3.23. The fraction of sp³-hybridized carbons (Fsp3) is 0.733. The van der Waals surface area contributed by atoms with Crippen LogP contribution in [0.5, 0.6) is 0 Å². The van der Waals surface area contributed by atoms with E-state index in [9.17, 15) is 4.79 Å². The Hall–Kier alpha value is -1.36. The molecular weight excluding hydrogens is 254 g/mol. The van der Waals surface area contributed by atoms with E-state index in [1.807, 2.05) is 4.90 Å². The van der Waals surface area contributed by atoms with Crippen LogP contribution >= 0.6 is 0 Å². The van der Waals surface area contributed by atoms with Gasteiger partial charge in [-0.3, -0.25) is 4.79 Å². The molecule has 5 heteroatoms. The minimum absolute atomic E-state index is 0.0397. The minimum Gasteiger partial charge on any atom is -0.447 e. The average Bonchev–Trinajstić information content (AvgIpc) is 3.05. The van der Waals surface area contributed by atoms with Gasteiger partial charge in [0.15, 0.2) is 12.1 Å². The van der Waals surface area contributed by atoms with Gasteiger partial charge in [-0.15, -0.1) is 0 Å². The summed E-state index contributed by atoms with van der Waals surface area (Å²) in [4.78, 5) is 18.8. The van der Waals surface area contributed by atoms with Crippen molar-refractivity contribution >= 4 is 5.91 Å². The number of carbonyl (C=O) groups is 1. The summed E-state index contributed by atoms with van der Waals surface area (Å²) in [5.41, 5.74) is 0.753. The van der Waals surface area contributed by atoms with Crippen molar-refractivity contribution in [2.45, 2.75) is 39.0 Å². The van der Waals surface area contributed by atoms with Gasteiger partial charge in [0.1, 0.15) is 5.76 Å². The number of rotatable bonds is 2. The third kappa shape index (κ3) is 2.59. The van der Waals surface area contributed by atoms with Gasteiger partial charge in [-0.05, 0) is 37.8 Å². The van der Waals surface area contributed by atoms with Crippen LogP contribution in [0.4, 0.5) is 0 Å². The van der Waals surface area contributed by atoms with E-state index in [0.717, 1.165) is 51.2 Å². The van der Waals surface area contributed by atoms with Crippen molar-refractivity contribution < 1.29 is 9.21 Å². The molecule has 5 nitrogen and oxygen atoms in total. The summed E-state index contributed by atoms with van der Waals surface area (Å²) in [6, 6.07) is 0. The predicted molar refractivity (Wildman–Crippen MR) is 75.6 cm³/mol. The largest absolute Gasteiger partial charge is 0.447 e. The van der Waals surface area contributed by atoms with Crippen LogP contribution < -0.4 is 5.32 Å². The topological polar surface area (TPSA) is 58.4 Å². The normalized spacial score (nSPS) is 23.2. The molecule has 1 aromatic rings. The second-order valence-electron chi connectivity index (χ2n) is 6.73. The third-order valence-electron chi connectivity index (χ3n) is 4.47. The first kappa shape index (κ1) is 13.6. The molecule has 2 aliphatic rings. The number of oxazole rings is 1. The standard InChI is InChI=1S/C15H23N3O2/c1-15(2)5-8-18(9-15)14(19)12-13(20-10-17-12)11-3-6-16-7-4-11/h10-11,16H,3-9H2,1-2H3. The lowest BCUT2D eigenvalue weighted by molar-refractivity contribution is 0.0769. The molecule has 3 heterocycles. The van der Waals surface area contributed by atoms with Crippen molar-refractivity contribution in [3.05, 3.63) is 17.8 Å². The number of hydrogen-bond donors (Lipinski definition) is 1. The smallest absolute Gasteiger partial charge is 0.276 e. The molecule has 3 rings (SSSR count). The van der Waals surface area contributed by atoms with E-state index in [-0.39, 0.29) is 11.3 Å². The van der Waals surface area contributed by atoms with E-state index in [4.69, 9.17) is 4.42 Å². The summed E-state index contributed by atoms with van der Waals surface area (Å²) in [6.45, 7) is 8.01. The minimum atomic E-state index is 0.0397. The van der Waals surface area contributed by atoms with Gasteiger partial charge >= 0.3 is 0 Å². The highest BCUT2D eigenvalue weighted by molar-refractivity contribution is 5.93. The van der Waals surface area contributed by atoms with Gasteiger partial charge in [0.25, 0.3) is 5.91 Å². The molecule has 20 heavy (non-hydrogen) atoms. The molecule has 0 saturated carbocycles. The Balaban J connectivity index is 1.77. The Morgan fingerprint density at radius 3 is 2.85 bits per heavy atom. The molecule has 2 fully saturated rings. The number of carbonyl (C=O) groups excluding carboxylic acids is 1. The summed E-state index contributed by atoms with van der Waals surface area (Å²) >= 11 is 0. The Bertz CT molecular complexity index is 489. The van der Waals surface area contributed by atoms with E-state index in [0.29, 0.717) is 11.6 Å². The highest BCUT2D eigenvalue weighted by Gasteiger charge is 2.35. The van der Waals surface area contributed by atoms with Crippen LogP contribution in [-0.4, -0.2) is 42.0 Å². The van der Waals surface area contributed by atoms with Crippen molar-refractivity contribution in [2.24, 2.45) is 5.41 Å². The second kappa shape index (κ2) is 5.20. The molecule has 0 atom stereocenters. The first-order valence-corrected chi connectivity index (χ1v) is 7.50. The first-order chi connectivity index (χ1) is 9.57. The van der Waals surface area contributed by atoms with Crippen molar-refractivity contribution in [3.8, 4) is 0 Å². The van der Waals surface area contributed by atoms with E-state index >= 15 is 0 Å². The van der Waals surface area contributed by atoms with Gasteiger partial charge in [-0.1, -0.05) is 13.8 Å². The van der Waals surface area contributed by atoms with Crippen LogP contribution in [0.1, 0.15) is 55.3 Å². The Labute approximate surface area is 119 Å². The quantitative estimate of drug-likeness (QED) is 0.898. The highest BCUT2D eigenvalue weighted by atomic mass is 16.3. The zero-order valence-electron chi connectivity index (χ0n) is 12.3. The zero-order valence-corrected chi connectivity index (χ0v) is 12.3. The molecular formula is C15H23N3O2. The zero-order chi connectivity index (χ0) is 14.2. The van der Waals surface area contributed by atoms with Gasteiger partial charge < -0.3 is 14.6 Å². The molecule has 0 aromatic carbocycles. The lowest BCUT2D eigenvalue weighted by Crippen LogP contribution is -2.32. The molecule has 0 spiro atoms. The van der Waals surface area contributed by atoms with E-state index in [1.54, 1.807) is 0 Å². The molecule has 2 saturated heterocycles. The molecule has 110 valence electrons. The monoisotopic (exact) mass is 277 g/mol. The van der Waals surface area contributed by atoms with Gasteiger partial charge in [0.05, 0.1) is 0 Å². The second-order valence-corrected chi connectivity index (χ2v) is 6.73. The maximum atomic E-state index is 12.6. The number of nitrogens with one attached hydrogen (secondary N) is 1. The van der Waals surface area contributed by atoms with Crippen LogP contribution in [0.15, 0.2) is 10.8 Å². The fourth-order valence-corrected chi connectivity index (χ4v) is 3.23. The maximum absolute atomic E-state index is 12.6. The van der Waals surface area contributed by atoms with Crippen LogP contribution in [0.25, 0.3) is 0 Å². The Kier molecular flexibility index (Phi) is 3.54. The number of piperidine rings is 1. The van der Waals surface area contributed by atoms with Gasteiger partial charge in [0.2, 0.25) is 0 Å². The molecule has 0 bridgehead atoms. The van der Waals surface area contributed by atoms with E-state index in [1.165, 1.54) is 6.39 Å². The molecule has 1 N–H and O–H groups in total. The Morgan fingerprint density at radius 1 is 1.45 bits per heavy atom. The number of aromatic nitrogens is 1. The van der Waals surface area contributed by atoms with Gasteiger partial charge in [0, 0.05) is 19.0 Å². The van der Waals surface area contributed by atoms with Crippen LogP contribution in [0.2, 0.25) is 0 Å². The maximum Gasteiger partial charge on any atom is 0.276 e. The van der Waals surface area contributed by atoms with E-state index in [2.05, 4.69) is 24.1 Å². The van der Waals surface area contributed by atoms with Gasteiger partial charge in [-0.2, -0.15) is 0 Å². The lowest BCUT2D eigenvalue weighted by atomic mass is 9.93. The third-order valence-corrected chi connectivity index (χ3v) is 4.47. The number of amides is 1.